The van der Waals surface area contributed by atoms with Gasteiger partial charge < -0.3 is 0 Å². The van der Waals surface area contributed by atoms with Crippen molar-refractivity contribution in [3.63, 3.8) is 0 Å². The molecule has 0 fully saturated rings. The maximum atomic E-state index is 13.5. The zero-order valence-corrected chi connectivity index (χ0v) is 11.3. The lowest BCUT2D eigenvalue weighted by atomic mass is 10.2. The van der Waals surface area contributed by atoms with Gasteiger partial charge in [-0.25, -0.2) is 13.2 Å². The number of nitrogens with zero attached hydrogens (tertiary/aromatic N) is 1. The van der Waals surface area contributed by atoms with Crippen molar-refractivity contribution >= 4 is 27.5 Å². The first-order chi connectivity index (χ1) is 8.02. The molecule has 0 amide bonds. The lowest BCUT2D eigenvalue weighted by molar-refractivity contribution is 0.0873. The predicted molar refractivity (Wildman–Crippen MR) is 66.1 cm³/mol. The topological polar surface area (TPSA) is 3.24 Å². The van der Waals surface area contributed by atoms with E-state index >= 15 is 0 Å². The molecule has 0 unspecified atom stereocenters. The van der Waals surface area contributed by atoms with Gasteiger partial charge in [-0.15, -0.1) is 11.6 Å². The molecular formula is C11H12BrClF3N. The van der Waals surface area contributed by atoms with Gasteiger partial charge in [-0.1, -0.05) is 22.0 Å². The number of hydrogen-bond acceptors (Lipinski definition) is 1. The van der Waals surface area contributed by atoms with Crippen molar-refractivity contribution in [2.75, 3.05) is 19.0 Å². The van der Waals surface area contributed by atoms with Crippen LogP contribution in [-0.4, -0.2) is 30.3 Å². The fourth-order valence-corrected chi connectivity index (χ4v) is 2.01. The van der Waals surface area contributed by atoms with Gasteiger partial charge in [-0.2, -0.15) is 0 Å². The molecular weight excluding hydrogens is 318 g/mol. The Morgan fingerprint density at radius 3 is 2.59 bits per heavy atom. The van der Waals surface area contributed by atoms with Crippen LogP contribution in [0.3, 0.4) is 0 Å². The van der Waals surface area contributed by atoms with E-state index in [-0.39, 0.29) is 12.4 Å². The maximum Gasteiger partial charge on any atom is 0.251 e. The normalized spacial score (nSPS) is 11.5. The molecule has 0 bridgehead atoms. The molecule has 0 aliphatic rings. The van der Waals surface area contributed by atoms with Gasteiger partial charge in [-0.05, 0) is 12.1 Å². The van der Waals surface area contributed by atoms with E-state index in [2.05, 4.69) is 15.9 Å². The van der Waals surface area contributed by atoms with Gasteiger partial charge in [0.15, 0.2) is 0 Å². The summed E-state index contributed by atoms with van der Waals surface area (Å²) < 4.78 is 38.7. The van der Waals surface area contributed by atoms with Gasteiger partial charge in [0.25, 0.3) is 6.43 Å². The van der Waals surface area contributed by atoms with Crippen LogP contribution in [0.4, 0.5) is 13.2 Å². The van der Waals surface area contributed by atoms with E-state index in [1.165, 1.54) is 11.0 Å². The van der Waals surface area contributed by atoms with Gasteiger partial charge in [0.05, 0.1) is 6.54 Å². The molecule has 0 N–H and O–H groups in total. The summed E-state index contributed by atoms with van der Waals surface area (Å²) in [5.74, 6) is -0.168. The van der Waals surface area contributed by atoms with Crippen LogP contribution in [0.5, 0.6) is 0 Å². The third kappa shape index (κ3) is 5.27. The molecule has 96 valence electrons. The summed E-state index contributed by atoms with van der Waals surface area (Å²) >= 11 is 8.66. The third-order valence-electron chi connectivity index (χ3n) is 2.21. The highest BCUT2D eigenvalue weighted by molar-refractivity contribution is 9.10. The van der Waals surface area contributed by atoms with Crippen LogP contribution in [-0.2, 0) is 6.54 Å². The highest BCUT2D eigenvalue weighted by Gasteiger charge is 2.14. The van der Waals surface area contributed by atoms with Crippen molar-refractivity contribution in [1.82, 2.24) is 4.90 Å². The highest BCUT2D eigenvalue weighted by atomic mass is 79.9. The number of halogens is 5. The Morgan fingerprint density at radius 1 is 1.35 bits per heavy atom. The van der Waals surface area contributed by atoms with Crippen molar-refractivity contribution in [1.29, 1.82) is 0 Å². The van der Waals surface area contributed by atoms with E-state index in [4.69, 9.17) is 11.6 Å². The lowest BCUT2D eigenvalue weighted by Gasteiger charge is -2.21. The average molecular weight is 331 g/mol. The van der Waals surface area contributed by atoms with Gasteiger partial charge in [-0.3, -0.25) is 4.90 Å². The van der Waals surface area contributed by atoms with Crippen LogP contribution in [0.15, 0.2) is 22.7 Å². The summed E-state index contributed by atoms with van der Waals surface area (Å²) in [6.45, 7) is 0.0415. The monoisotopic (exact) mass is 329 g/mol. The summed E-state index contributed by atoms with van der Waals surface area (Å²) in [6.07, 6.45) is -2.45. The van der Waals surface area contributed by atoms with E-state index in [9.17, 15) is 13.2 Å². The maximum absolute atomic E-state index is 13.5. The van der Waals surface area contributed by atoms with E-state index < -0.39 is 18.8 Å². The summed E-state index contributed by atoms with van der Waals surface area (Å²) in [5.41, 5.74) is 0.388. The molecule has 0 aliphatic carbocycles. The molecule has 1 aromatic carbocycles. The number of hydrogen-bond donors (Lipinski definition) is 0. The smallest absolute Gasteiger partial charge is 0.251 e. The van der Waals surface area contributed by atoms with Crippen LogP contribution in [0.2, 0.25) is 0 Å². The Kier molecular flexibility index (Phi) is 6.30. The van der Waals surface area contributed by atoms with Gasteiger partial charge in [0.1, 0.15) is 5.82 Å². The van der Waals surface area contributed by atoms with Gasteiger partial charge in [0, 0.05) is 29.0 Å². The van der Waals surface area contributed by atoms with Crippen molar-refractivity contribution in [3.8, 4) is 0 Å². The highest BCUT2D eigenvalue weighted by Crippen LogP contribution is 2.17. The van der Waals surface area contributed by atoms with Crippen molar-refractivity contribution in [3.05, 3.63) is 34.1 Å². The largest absolute Gasteiger partial charge is 0.292 e. The fraction of sp³-hybridized carbons (Fsp3) is 0.455. The molecule has 0 saturated heterocycles. The fourth-order valence-electron chi connectivity index (χ4n) is 1.44. The molecule has 0 aliphatic heterocycles. The molecule has 1 rings (SSSR count). The Balaban J connectivity index is 2.71. The third-order valence-corrected chi connectivity index (χ3v) is 2.87. The predicted octanol–water partition coefficient (Wildman–Crippen LogP) is 3.89. The van der Waals surface area contributed by atoms with Crippen molar-refractivity contribution in [2.45, 2.75) is 13.0 Å². The Hall–Kier alpha value is -0.260. The number of rotatable bonds is 6. The van der Waals surface area contributed by atoms with Crippen molar-refractivity contribution in [2.24, 2.45) is 0 Å². The molecule has 0 atom stereocenters. The summed E-state index contributed by atoms with van der Waals surface area (Å²) in [4.78, 5) is 1.43. The first-order valence-electron chi connectivity index (χ1n) is 5.03. The zero-order valence-electron chi connectivity index (χ0n) is 8.97. The van der Waals surface area contributed by atoms with E-state index in [0.29, 0.717) is 16.6 Å². The molecule has 1 nitrogen and oxygen atoms in total. The molecule has 0 aromatic heterocycles. The molecule has 0 radical (unpaired) electrons. The quantitative estimate of drug-likeness (QED) is 0.715. The van der Waals surface area contributed by atoms with E-state index in [0.717, 1.165) is 0 Å². The second-order valence-electron chi connectivity index (χ2n) is 3.55. The number of alkyl halides is 3. The van der Waals surface area contributed by atoms with Gasteiger partial charge in [0.2, 0.25) is 0 Å². The standard InChI is InChI=1S/C11H12BrClF3N/c12-9-2-1-8(10(14)5-9)6-17(4-3-13)7-11(15)16/h1-2,5,11H,3-4,6-7H2. The summed E-state index contributed by atoms with van der Waals surface area (Å²) in [5, 5.41) is 0. The van der Waals surface area contributed by atoms with Crippen LogP contribution in [0, 0.1) is 5.82 Å². The van der Waals surface area contributed by atoms with Crippen molar-refractivity contribution < 1.29 is 13.2 Å². The van der Waals surface area contributed by atoms with Crippen LogP contribution < -0.4 is 0 Å². The summed E-state index contributed by atoms with van der Waals surface area (Å²) in [6, 6.07) is 4.57. The minimum absolute atomic E-state index is 0.135. The Labute approximate surface area is 112 Å². The molecule has 0 saturated carbocycles. The first kappa shape index (κ1) is 14.8. The van der Waals surface area contributed by atoms with E-state index in [1.54, 1.807) is 12.1 Å². The molecule has 0 spiro atoms. The molecule has 6 heteroatoms. The van der Waals surface area contributed by atoms with Gasteiger partial charge >= 0.3 is 0 Å². The SMILES string of the molecule is Fc1cc(Br)ccc1CN(CCCl)CC(F)F. The molecule has 1 aromatic rings. The van der Waals surface area contributed by atoms with E-state index in [1.807, 2.05) is 0 Å². The second kappa shape index (κ2) is 7.24. The Morgan fingerprint density at radius 2 is 2.06 bits per heavy atom. The first-order valence-corrected chi connectivity index (χ1v) is 6.36. The van der Waals surface area contributed by atoms with Crippen LogP contribution >= 0.6 is 27.5 Å². The minimum Gasteiger partial charge on any atom is -0.292 e. The molecule has 17 heavy (non-hydrogen) atoms. The summed E-state index contributed by atoms with van der Waals surface area (Å²) in [7, 11) is 0. The van der Waals surface area contributed by atoms with Crippen LogP contribution in [0.25, 0.3) is 0 Å². The number of benzene rings is 1. The van der Waals surface area contributed by atoms with Crippen LogP contribution in [0.1, 0.15) is 5.56 Å². The zero-order chi connectivity index (χ0) is 12.8. The minimum atomic E-state index is -2.45. The lowest BCUT2D eigenvalue weighted by Crippen LogP contribution is -2.30. The molecule has 0 heterocycles. The average Bonchev–Trinajstić information content (AvgIpc) is 2.21. The second-order valence-corrected chi connectivity index (χ2v) is 4.84. The Bertz CT molecular complexity index is 363.